The van der Waals surface area contributed by atoms with Crippen molar-refractivity contribution in [2.24, 2.45) is 0 Å². The Bertz CT molecular complexity index is 776. The second kappa shape index (κ2) is 5.66. The first-order valence-corrected chi connectivity index (χ1v) is 7.36. The Labute approximate surface area is 131 Å². The molecular weight excluding hydrogens is 328 g/mol. The monoisotopic (exact) mass is 340 g/mol. The number of nitrogens with zero attached hydrogens (tertiary/aromatic N) is 2. The van der Waals surface area contributed by atoms with Crippen LogP contribution in [0.3, 0.4) is 0 Å². The summed E-state index contributed by atoms with van der Waals surface area (Å²) in [4.78, 5) is 12.5. The molecular formula is C17H13BrN2O. The van der Waals surface area contributed by atoms with Gasteiger partial charge in [0.1, 0.15) is 0 Å². The highest BCUT2D eigenvalue weighted by Crippen LogP contribution is 2.18. The molecule has 0 aliphatic heterocycles. The van der Waals surface area contributed by atoms with Crippen molar-refractivity contribution in [3.63, 3.8) is 0 Å². The number of aromatic nitrogens is 2. The zero-order valence-corrected chi connectivity index (χ0v) is 13.0. The maximum atomic E-state index is 12.5. The van der Waals surface area contributed by atoms with Gasteiger partial charge in [-0.3, -0.25) is 4.79 Å². The van der Waals surface area contributed by atoms with E-state index in [4.69, 9.17) is 0 Å². The van der Waals surface area contributed by atoms with Gasteiger partial charge in [0.05, 0.1) is 16.9 Å². The Morgan fingerprint density at radius 1 is 1.05 bits per heavy atom. The van der Waals surface area contributed by atoms with E-state index in [1.54, 1.807) is 10.9 Å². The lowest BCUT2D eigenvalue weighted by atomic mass is 10.0. The second-order valence-corrected chi connectivity index (χ2v) is 5.66. The van der Waals surface area contributed by atoms with Gasteiger partial charge in [0.2, 0.25) is 0 Å². The summed E-state index contributed by atoms with van der Waals surface area (Å²) >= 11 is 3.41. The van der Waals surface area contributed by atoms with Crippen molar-refractivity contribution in [2.45, 2.75) is 6.92 Å². The van der Waals surface area contributed by atoms with Gasteiger partial charge in [0.15, 0.2) is 5.78 Å². The van der Waals surface area contributed by atoms with E-state index in [0.717, 1.165) is 15.9 Å². The van der Waals surface area contributed by atoms with Gasteiger partial charge in [-0.15, -0.1) is 0 Å². The van der Waals surface area contributed by atoms with Crippen LogP contribution in [0.25, 0.3) is 5.69 Å². The average molecular weight is 341 g/mol. The maximum Gasteiger partial charge on any atom is 0.196 e. The summed E-state index contributed by atoms with van der Waals surface area (Å²) in [6, 6.07) is 17.1. The minimum Gasteiger partial charge on any atom is -0.288 e. The molecule has 0 spiro atoms. The smallest absolute Gasteiger partial charge is 0.196 e. The summed E-state index contributed by atoms with van der Waals surface area (Å²) in [5, 5.41) is 4.44. The van der Waals surface area contributed by atoms with Crippen molar-refractivity contribution >= 4 is 21.7 Å². The number of aryl methyl sites for hydroxylation is 1. The second-order valence-electron chi connectivity index (χ2n) is 4.74. The van der Waals surface area contributed by atoms with Crippen LogP contribution in [0.15, 0.2) is 65.3 Å². The zero-order valence-electron chi connectivity index (χ0n) is 11.5. The standard InChI is InChI=1S/C17H13BrN2O/c1-12-16(17(21)13-5-3-2-4-6-13)11-20(19-12)15-9-7-14(18)8-10-15/h2-11H,1H3. The van der Waals surface area contributed by atoms with Gasteiger partial charge in [-0.05, 0) is 31.2 Å². The molecule has 0 N–H and O–H groups in total. The Kier molecular flexibility index (Phi) is 3.71. The third-order valence-corrected chi connectivity index (χ3v) is 3.80. The summed E-state index contributed by atoms with van der Waals surface area (Å²) in [5.74, 6) is -0.00328. The van der Waals surface area contributed by atoms with Crippen LogP contribution in [0.4, 0.5) is 0 Å². The predicted molar refractivity (Wildman–Crippen MR) is 85.9 cm³/mol. The normalized spacial score (nSPS) is 10.6. The first-order chi connectivity index (χ1) is 10.1. The van der Waals surface area contributed by atoms with Crippen LogP contribution >= 0.6 is 15.9 Å². The molecule has 21 heavy (non-hydrogen) atoms. The molecule has 0 amide bonds. The molecule has 3 aromatic rings. The molecule has 0 unspecified atom stereocenters. The van der Waals surface area contributed by atoms with Crippen molar-refractivity contribution in [3.8, 4) is 5.69 Å². The Morgan fingerprint density at radius 3 is 2.38 bits per heavy atom. The summed E-state index contributed by atoms with van der Waals surface area (Å²) in [6.45, 7) is 1.85. The first kappa shape index (κ1) is 13.8. The maximum absolute atomic E-state index is 12.5. The highest BCUT2D eigenvalue weighted by atomic mass is 79.9. The fraction of sp³-hybridized carbons (Fsp3) is 0.0588. The predicted octanol–water partition coefficient (Wildman–Crippen LogP) is 4.17. The molecule has 1 heterocycles. The number of hydrogen-bond acceptors (Lipinski definition) is 2. The van der Waals surface area contributed by atoms with Gasteiger partial charge in [0, 0.05) is 16.2 Å². The minimum atomic E-state index is -0.00328. The molecule has 0 fully saturated rings. The van der Waals surface area contributed by atoms with Crippen LogP contribution < -0.4 is 0 Å². The van der Waals surface area contributed by atoms with Gasteiger partial charge in [-0.1, -0.05) is 46.3 Å². The lowest BCUT2D eigenvalue weighted by molar-refractivity contribution is 0.103. The fourth-order valence-corrected chi connectivity index (χ4v) is 2.42. The lowest BCUT2D eigenvalue weighted by Gasteiger charge is -2.00. The topological polar surface area (TPSA) is 34.9 Å². The first-order valence-electron chi connectivity index (χ1n) is 6.57. The third kappa shape index (κ3) is 2.81. The molecule has 0 aliphatic rings. The molecule has 3 nitrogen and oxygen atoms in total. The molecule has 104 valence electrons. The Morgan fingerprint density at radius 2 is 1.71 bits per heavy atom. The van der Waals surface area contributed by atoms with Crippen LogP contribution in [0, 0.1) is 6.92 Å². The molecule has 2 aromatic carbocycles. The van der Waals surface area contributed by atoms with Gasteiger partial charge in [-0.2, -0.15) is 5.10 Å². The van der Waals surface area contributed by atoms with Crippen LogP contribution in [-0.2, 0) is 0 Å². The van der Waals surface area contributed by atoms with Gasteiger partial charge in [-0.25, -0.2) is 4.68 Å². The van der Waals surface area contributed by atoms with Crippen LogP contribution in [0.2, 0.25) is 0 Å². The molecule has 4 heteroatoms. The fourth-order valence-electron chi connectivity index (χ4n) is 2.15. The number of ketones is 1. The van der Waals surface area contributed by atoms with E-state index in [9.17, 15) is 4.79 Å². The quantitative estimate of drug-likeness (QED) is 0.670. The summed E-state index contributed by atoms with van der Waals surface area (Å²) in [7, 11) is 0. The van der Waals surface area contributed by atoms with Crippen molar-refractivity contribution < 1.29 is 4.79 Å². The number of carbonyl (C=O) groups is 1. The van der Waals surface area contributed by atoms with Crippen molar-refractivity contribution in [1.29, 1.82) is 0 Å². The number of hydrogen-bond donors (Lipinski definition) is 0. The van der Waals surface area contributed by atoms with Crippen LogP contribution in [0.5, 0.6) is 0 Å². The Balaban J connectivity index is 1.98. The van der Waals surface area contributed by atoms with E-state index >= 15 is 0 Å². The lowest BCUT2D eigenvalue weighted by Crippen LogP contribution is -2.01. The van der Waals surface area contributed by atoms with E-state index in [-0.39, 0.29) is 5.78 Å². The van der Waals surface area contributed by atoms with Gasteiger partial charge >= 0.3 is 0 Å². The molecule has 0 atom stereocenters. The van der Waals surface area contributed by atoms with Crippen molar-refractivity contribution in [3.05, 3.63) is 82.1 Å². The summed E-state index contributed by atoms with van der Waals surface area (Å²) < 4.78 is 2.74. The SMILES string of the molecule is Cc1nn(-c2ccc(Br)cc2)cc1C(=O)c1ccccc1. The number of benzene rings is 2. The van der Waals surface area contributed by atoms with E-state index in [1.165, 1.54) is 0 Å². The average Bonchev–Trinajstić information content (AvgIpc) is 2.90. The highest BCUT2D eigenvalue weighted by molar-refractivity contribution is 9.10. The number of carbonyl (C=O) groups excluding carboxylic acids is 1. The van der Waals surface area contributed by atoms with Crippen LogP contribution in [-0.4, -0.2) is 15.6 Å². The molecule has 0 bridgehead atoms. The van der Waals surface area contributed by atoms with E-state index < -0.39 is 0 Å². The molecule has 1 aromatic heterocycles. The van der Waals surface area contributed by atoms with Crippen LogP contribution in [0.1, 0.15) is 21.6 Å². The largest absolute Gasteiger partial charge is 0.288 e. The van der Waals surface area contributed by atoms with E-state index in [2.05, 4.69) is 21.0 Å². The zero-order chi connectivity index (χ0) is 14.8. The van der Waals surface area contributed by atoms with Gasteiger partial charge < -0.3 is 0 Å². The highest BCUT2D eigenvalue weighted by Gasteiger charge is 2.15. The van der Waals surface area contributed by atoms with Crippen molar-refractivity contribution in [2.75, 3.05) is 0 Å². The minimum absolute atomic E-state index is 0.00328. The van der Waals surface area contributed by atoms with E-state index in [1.807, 2.05) is 61.5 Å². The van der Waals surface area contributed by atoms with Gasteiger partial charge in [0.25, 0.3) is 0 Å². The third-order valence-electron chi connectivity index (χ3n) is 3.27. The molecule has 3 rings (SSSR count). The molecule has 0 saturated heterocycles. The summed E-state index contributed by atoms with van der Waals surface area (Å²) in [5.41, 5.74) is 2.96. The molecule has 0 saturated carbocycles. The van der Waals surface area contributed by atoms with E-state index in [0.29, 0.717) is 11.1 Å². The molecule has 0 aliphatic carbocycles. The van der Waals surface area contributed by atoms with Crippen molar-refractivity contribution in [1.82, 2.24) is 9.78 Å². The Hall–Kier alpha value is -2.20. The number of halogens is 1. The number of rotatable bonds is 3. The molecule has 0 radical (unpaired) electrons. The summed E-state index contributed by atoms with van der Waals surface area (Å²) in [6.07, 6.45) is 1.79.